The summed E-state index contributed by atoms with van der Waals surface area (Å²) in [5.41, 5.74) is 2.36. The van der Waals surface area contributed by atoms with E-state index in [1.165, 1.54) is 5.56 Å². The second-order valence-electron chi connectivity index (χ2n) is 5.25. The first-order valence-electron chi connectivity index (χ1n) is 6.95. The third-order valence-corrected chi connectivity index (χ3v) is 4.94. The number of aryl methyl sites for hydroxylation is 1. The summed E-state index contributed by atoms with van der Waals surface area (Å²) < 4.78 is 0. The Morgan fingerprint density at radius 3 is 3.25 bits per heavy atom. The molecular formula is C13H21ClN4OS. The summed E-state index contributed by atoms with van der Waals surface area (Å²) in [7, 11) is 0. The van der Waals surface area contributed by atoms with Crippen molar-refractivity contribution in [2.45, 2.75) is 37.8 Å². The second kappa shape index (κ2) is 7.33. The molecule has 1 aromatic rings. The number of carbonyl (C=O) groups excluding carboxylic acids is 1. The summed E-state index contributed by atoms with van der Waals surface area (Å²) in [4.78, 5) is 12.1. The average molecular weight is 317 g/mol. The van der Waals surface area contributed by atoms with E-state index in [2.05, 4.69) is 20.8 Å². The number of nitrogens with zero attached hydrogens (tertiary/aromatic N) is 1. The van der Waals surface area contributed by atoms with Gasteiger partial charge in [-0.3, -0.25) is 9.89 Å². The Kier molecular flexibility index (Phi) is 5.74. The molecule has 3 rings (SSSR count). The van der Waals surface area contributed by atoms with Crippen molar-refractivity contribution in [1.82, 2.24) is 20.8 Å². The van der Waals surface area contributed by atoms with E-state index in [1.807, 2.05) is 18.0 Å². The van der Waals surface area contributed by atoms with Crippen molar-refractivity contribution in [1.29, 1.82) is 0 Å². The molecule has 0 spiro atoms. The van der Waals surface area contributed by atoms with Crippen LogP contribution in [-0.2, 0) is 11.2 Å². The molecular weight excluding hydrogens is 296 g/mol. The normalized spacial score (nSPS) is 25.4. The second-order valence-corrected chi connectivity index (χ2v) is 6.40. The summed E-state index contributed by atoms with van der Waals surface area (Å²) in [6.45, 7) is 1.01. The predicted molar refractivity (Wildman–Crippen MR) is 83.4 cm³/mol. The van der Waals surface area contributed by atoms with E-state index in [9.17, 15) is 4.79 Å². The molecule has 112 valence electrons. The lowest BCUT2D eigenvalue weighted by Gasteiger charge is -2.26. The van der Waals surface area contributed by atoms with E-state index in [0.717, 1.165) is 43.0 Å². The molecule has 2 aliphatic rings. The van der Waals surface area contributed by atoms with Gasteiger partial charge in [-0.15, -0.1) is 12.4 Å². The van der Waals surface area contributed by atoms with Crippen LogP contribution < -0.4 is 10.6 Å². The zero-order valence-electron chi connectivity index (χ0n) is 11.4. The van der Waals surface area contributed by atoms with Crippen LogP contribution in [0.15, 0.2) is 6.20 Å². The van der Waals surface area contributed by atoms with E-state index in [1.54, 1.807) is 0 Å². The van der Waals surface area contributed by atoms with Gasteiger partial charge in [-0.1, -0.05) is 0 Å². The molecule has 0 saturated carbocycles. The number of carbonyl (C=O) groups is 1. The molecule has 1 fully saturated rings. The van der Waals surface area contributed by atoms with Gasteiger partial charge in [-0.2, -0.15) is 16.9 Å². The van der Waals surface area contributed by atoms with Crippen molar-refractivity contribution in [2.24, 2.45) is 0 Å². The van der Waals surface area contributed by atoms with Gasteiger partial charge in [0.2, 0.25) is 5.91 Å². The first-order valence-corrected chi connectivity index (χ1v) is 8.11. The van der Waals surface area contributed by atoms with Gasteiger partial charge in [-0.25, -0.2) is 0 Å². The van der Waals surface area contributed by atoms with Crippen LogP contribution in [0.2, 0.25) is 0 Å². The summed E-state index contributed by atoms with van der Waals surface area (Å²) in [5, 5.41) is 13.7. The summed E-state index contributed by atoms with van der Waals surface area (Å²) in [6, 6.07) is 0.443. The van der Waals surface area contributed by atoms with Crippen LogP contribution in [-0.4, -0.2) is 40.2 Å². The van der Waals surface area contributed by atoms with Crippen molar-refractivity contribution in [3.8, 4) is 0 Å². The quantitative estimate of drug-likeness (QED) is 0.789. The van der Waals surface area contributed by atoms with E-state index in [4.69, 9.17) is 0 Å². The van der Waals surface area contributed by atoms with Gasteiger partial charge < -0.3 is 10.6 Å². The molecule has 1 amide bonds. The number of thioether (sulfide) groups is 1. The van der Waals surface area contributed by atoms with Gasteiger partial charge in [-0.05, 0) is 24.8 Å². The number of H-pyrrole nitrogens is 1. The van der Waals surface area contributed by atoms with Crippen LogP contribution >= 0.6 is 24.2 Å². The number of fused-ring (bicyclic) bond motifs is 1. The average Bonchev–Trinajstić information content (AvgIpc) is 2.89. The number of nitrogens with one attached hydrogen (secondary N) is 3. The van der Waals surface area contributed by atoms with Crippen LogP contribution in [0.3, 0.4) is 0 Å². The summed E-state index contributed by atoms with van der Waals surface area (Å²) in [5.74, 6) is 2.33. The maximum atomic E-state index is 12.1. The molecule has 1 saturated heterocycles. The monoisotopic (exact) mass is 316 g/mol. The Hall–Kier alpha value is -0.720. The lowest BCUT2D eigenvalue weighted by Crippen LogP contribution is -2.42. The topological polar surface area (TPSA) is 69.8 Å². The highest BCUT2D eigenvalue weighted by Crippen LogP contribution is 2.27. The Morgan fingerprint density at radius 2 is 2.45 bits per heavy atom. The SMILES string of the molecule is Cl.O=C(CC1CSCCN1)NC1CCCc2cn[nH]c21. The molecule has 2 unspecified atom stereocenters. The van der Waals surface area contributed by atoms with Crippen molar-refractivity contribution in [2.75, 3.05) is 18.1 Å². The Bertz CT molecular complexity index is 447. The molecule has 2 atom stereocenters. The largest absolute Gasteiger partial charge is 0.348 e. The van der Waals surface area contributed by atoms with Crippen molar-refractivity contribution >= 4 is 30.1 Å². The number of amides is 1. The molecule has 1 aromatic heterocycles. The minimum Gasteiger partial charge on any atom is -0.348 e. The third-order valence-electron chi connectivity index (χ3n) is 3.80. The predicted octanol–water partition coefficient (Wildman–Crippen LogP) is 1.42. The highest BCUT2D eigenvalue weighted by Gasteiger charge is 2.25. The molecule has 2 heterocycles. The Balaban J connectivity index is 0.00000147. The highest BCUT2D eigenvalue weighted by atomic mass is 35.5. The molecule has 20 heavy (non-hydrogen) atoms. The van der Waals surface area contributed by atoms with E-state index in [0.29, 0.717) is 12.5 Å². The molecule has 0 radical (unpaired) electrons. The third kappa shape index (κ3) is 3.68. The summed E-state index contributed by atoms with van der Waals surface area (Å²) >= 11 is 1.92. The molecule has 5 nitrogen and oxygen atoms in total. The molecule has 1 aliphatic heterocycles. The van der Waals surface area contributed by atoms with Crippen molar-refractivity contribution in [3.05, 3.63) is 17.5 Å². The lowest BCUT2D eigenvalue weighted by molar-refractivity contribution is -0.122. The van der Waals surface area contributed by atoms with Crippen LogP contribution in [0.5, 0.6) is 0 Å². The number of hydrogen-bond acceptors (Lipinski definition) is 4. The van der Waals surface area contributed by atoms with Crippen LogP contribution in [0.1, 0.15) is 36.6 Å². The molecule has 1 aliphatic carbocycles. The van der Waals surface area contributed by atoms with E-state index < -0.39 is 0 Å². The van der Waals surface area contributed by atoms with Gasteiger partial charge in [0.1, 0.15) is 0 Å². The first kappa shape index (κ1) is 15.7. The minimum atomic E-state index is 0. The van der Waals surface area contributed by atoms with Crippen LogP contribution in [0, 0.1) is 0 Å². The zero-order chi connectivity index (χ0) is 13.1. The Morgan fingerprint density at radius 1 is 1.55 bits per heavy atom. The number of aromatic nitrogens is 2. The maximum absolute atomic E-state index is 12.1. The van der Waals surface area contributed by atoms with E-state index in [-0.39, 0.29) is 24.4 Å². The molecule has 0 bridgehead atoms. The van der Waals surface area contributed by atoms with Gasteiger partial charge in [0, 0.05) is 30.5 Å². The van der Waals surface area contributed by atoms with Crippen molar-refractivity contribution in [3.63, 3.8) is 0 Å². The highest BCUT2D eigenvalue weighted by molar-refractivity contribution is 7.99. The van der Waals surface area contributed by atoms with Crippen LogP contribution in [0.4, 0.5) is 0 Å². The van der Waals surface area contributed by atoms with E-state index >= 15 is 0 Å². The number of rotatable bonds is 3. The van der Waals surface area contributed by atoms with Gasteiger partial charge in [0.15, 0.2) is 0 Å². The number of aromatic amines is 1. The maximum Gasteiger partial charge on any atom is 0.222 e. The first-order chi connectivity index (χ1) is 9.33. The lowest BCUT2D eigenvalue weighted by atomic mass is 9.93. The zero-order valence-corrected chi connectivity index (χ0v) is 13.0. The number of halogens is 1. The smallest absolute Gasteiger partial charge is 0.222 e. The minimum absolute atomic E-state index is 0. The van der Waals surface area contributed by atoms with Crippen LogP contribution in [0.25, 0.3) is 0 Å². The van der Waals surface area contributed by atoms with Gasteiger partial charge >= 0.3 is 0 Å². The molecule has 3 N–H and O–H groups in total. The number of hydrogen-bond donors (Lipinski definition) is 3. The molecule has 7 heteroatoms. The van der Waals surface area contributed by atoms with Crippen molar-refractivity contribution < 1.29 is 4.79 Å². The van der Waals surface area contributed by atoms with Gasteiger partial charge in [0.25, 0.3) is 0 Å². The standard InChI is InChI=1S/C13H20N4OS.ClH/c18-12(6-10-8-19-5-4-14-10)16-11-3-1-2-9-7-15-17-13(9)11;/h7,10-11,14H,1-6,8H2,(H,15,17)(H,16,18);1H. The van der Waals surface area contributed by atoms with Gasteiger partial charge in [0.05, 0.1) is 17.9 Å². The fourth-order valence-corrected chi connectivity index (χ4v) is 3.78. The fraction of sp³-hybridized carbons (Fsp3) is 0.692. The molecule has 0 aromatic carbocycles. The summed E-state index contributed by atoms with van der Waals surface area (Å²) in [6.07, 6.45) is 5.65. The Labute approximate surface area is 129 Å². The fourth-order valence-electron chi connectivity index (χ4n) is 2.84.